The third kappa shape index (κ3) is 4.95. The van der Waals surface area contributed by atoms with Crippen LogP contribution in [-0.4, -0.2) is 84.0 Å². The molecule has 14 heteroatoms. The summed E-state index contributed by atoms with van der Waals surface area (Å²) >= 11 is 6.02. The number of rotatable bonds is 9. The fourth-order valence-corrected chi connectivity index (χ4v) is 4.27. The fourth-order valence-electron chi connectivity index (χ4n) is 2.21. The molecule has 12 nitrogen and oxygen atoms in total. The number of aromatic amines is 3. The largest absolute Gasteiger partial charge is 0.344 e. The van der Waals surface area contributed by atoms with E-state index in [0.29, 0.717) is 0 Å². The molecule has 3 rings (SSSR count). The number of hydrogen-bond acceptors (Lipinski definition) is 7. The Hall–Kier alpha value is -3.31. The Labute approximate surface area is 172 Å². The normalized spacial score (nSPS) is 12.4. The van der Waals surface area contributed by atoms with Crippen molar-refractivity contribution in [3.05, 3.63) is 54.7 Å². The second-order valence-electron chi connectivity index (χ2n) is 5.74. The third-order valence-electron chi connectivity index (χ3n) is 3.78. The Morgan fingerprint density at radius 1 is 0.724 bits per heavy atom. The van der Waals surface area contributed by atoms with Crippen LogP contribution in [0, 0.1) is 0 Å². The van der Waals surface area contributed by atoms with Crippen LogP contribution in [-0.2, 0) is 11.8 Å². The van der Waals surface area contributed by atoms with E-state index in [0.717, 1.165) is 17.1 Å². The zero-order chi connectivity index (χ0) is 20.7. The van der Waals surface area contributed by atoms with Crippen LogP contribution in [0.5, 0.6) is 0 Å². The molecule has 0 aromatic carbocycles. The highest BCUT2D eigenvalue weighted by atomic mass is 32.4. The van der Waals surface area contributed by atoms with Gasteiger partial charge in [0.15, 0.2) is 0 Å². The lowest BCUT2D eigenvalue weighted by Gasteiger charge is -2.39. The first-order chi connectivity index (χ1) is 14.0. The molecule has 29 heavy (non-hydrogen) atoms. The standard InChI is InChI=1S/C15H21N12PS/c1-25(22-7-13-4-16-10-19-13)28(29,26(2)23-8-14-5-17-11-20-14)27(3)24-9-15-6-18-12-21-15/h4-12H,1-3H3,(H,16,19)(H,17,20)(H,18,21)/b22-7-,23-8+,24-9+. The van der Waals surface area contributed by atoms with Gasteiger partial charge in [-0.2, -0.15) is 15.3 Å². The number of imidazole rings is 3. The summed E-state index contributed by atoms with van der Waals surface area (Å²) in [6.45, 7) is -2.71. The van der Waals surface area contributed by atoms with E-state index in [1.807, 2.05) is 0 Å². The van der Waals surface area contributed by atoms with E-state index in [4.69, 9.17) is 11.8 Å². The van der Waals surface area contributed by atoms with E-state index in [-0.39, 0.29) is 0 Å². The molecule has 0 saturated carbocycles. The van der Waals surface area contributed by atoms with Crippen LogP contribution in [0.3, 0.4) is 0 Å². The fraction of sp³-hybridized carbons (Fsp3) is 0.200. The van der Waals surface area contributed by atoms with E-state index in [9.17, 15) is 0 Å². The molecule has 3 N–H and O–H groups in total. The van der Waals surface area contributed by atoms with Crippen molar-refractivity contribution >= 4 is 36.9 Å². The van der Waals surface area contributed by atoms with Gasteiger partial charge in [0.05, 0.1) is 73.3 Å². The highest BCUT2D eigenvalue weighted by Gasteiger charge is 2.32. The minimum atomic E-state index is -2.71. The van der Waals surface area contributed by atoms with Crippen LogP contribution in [0.4, 0.5) is 0 Å². The monoisotopic (exact) mass is 432 g/mol. The van der Waals surface area contributed by atoms with Gasteiger partial charge in [-0.05, 0) is 11.8 Å². The topological polar surface area (TPSA) is 133 Å². The molecule has 0 spiro atoms. The maximum Gasteiger partial charge on any atom is 0.265 e. The molecule has 152 valence electrons. The predicted molar refractivity (Wildman–Crippen MR) is 116 cm³/mol. The first-order valence-electron chi connectivity index (χ1n) is 8.40. The molecular weight excluding hydrogens is 411 g/mol. The Bertz CT molecular complexity index is 863. The lowest BCUT2D eigenvalue weighted by molar-refractivity contribution is 0.417. The lowest BCUT2D eigenvalue weighted by atomic mass is 10.5. The average molecular weight is 432 g/mol. The van der Waals surface area contributed by atoms with Crippen molar-refractivity contribution in [2.24, 2.45) is 15.3 Å². The minimum absolute atomic E-state index is 0.755. The zero-order valence-electron chi connectivity index (χ0n) is 16.1. The van der Waals surface area contributed by atoms with Crippen LogP contribution < -0.4 is 0 Å². The molecule has 3 aromatic heterocycles. The highest BCUT2D eigenvalue weighted by Crippen LogP contribution is 2.55. The maximum absolute atomic E-state index is 6.02. The van der Waals surface area contributed by atoms with Gasteiger partial charge in [-0.1, -0.05) is 0 Å². The minimum Gasteiger partial charge on any atom is -0.344 e. The van der Waals surface area contributed by atoms with Crippen molar-refractivity contribution < 1.29 is 0 Å². The number of hydrazone groups is 3. The molecule has 0 saturated heterocycles. The number of hydrogen-bond donors (Lipinski definition) is 3. The van der Waals surface area contributed by atoms with Crippen molar-refractivity contribution in [1.82, 2.24) is 44.2 Å². The smallest absolute Gasteiger partial charge is 0.265 e. The quantitative estimate of drug-likeness (QED) is 0.263. The maximum atomic E-state index is 6.02. The number of nitrogens with one attached hydrogen (secondary N) is 3. The molecule has 0 aliphatic carbocycles. The first kappa shape index (κ1) is 20.4. The molecular formula is C15H21N12PS. The number of H-pyrrole nitrogens is 3. The molecule has 0 unspecified atom stereocenters. The van der Waals surface area contributed by atoms with Gasteiger partial charge >= 0.3 is 0 Å². The first-order valence-corrected chi connectivity index (χ1v) is 11.1. The summed E-state index contributed by atoms with van der Waals surface area (Å²) in [4.78, 5) is 20.9. The predicted octanol–water partition coefficient (Wildman–Crippen LogP) is 1.28. The average Bonchev–Trinajstić information content (AvgIpc) is 3.50. The van der Waals surface area contributed by atoms with E-state index < -0.39 is 6.49 Å². The molecule has 0 aliphatic rings. The Morgan fingerprint density at radius 2 is 1.03 bits per heavy atom. The molecule has 0 amide bonds. The van der Waals surface area contributed by atoms with Gasteiger partial charge in [-0.3, -0.25) is 0 Å². The van der Waals surface area contributed by atoms with Gasteiger partial charge in [0.1, 0.15) is 0 Å². The molecule has 3 heterocycles. The summed E-state index contributed by atoms with van der Waals surface area (Å²) in [6.07, 6.45) is 14.7. The van der Waals surface area contributed by atoms with Gasteiger partial charge in [0.25, 0.3) is 6.49 Å². The van der Waals surface area contributed by atoms with Gasteiger partial charge in [0, 0.05) is 21.1 Å². The summed E-state index contributed by atoms with van der Waals surface area (Å²) in [5.41, 5.74) is 2.27. The Balaban J connectivity index is 1.87. The zero-order valence-corrected chi connectivity index (χ0v) is 17.8. The number of aromatic nitrogens is 6. The molecule has 0 aliphatic heterocycles. The summed E-state index contributed by atoms with van der Waals surface area (Å²) in [5.74, 6) is 0. The van der Waals surface area contributed by atoms with Crippen molar-refractivity contribution in [3.8, 4) is 0 Å². The second kappa shape index (κ2) is 9.26. The van der Waals surface area contributed by atoms with Crippen molar-refractivity contribution in [1.29, 1.82) is 0 Å². The summed E-state index contributed by atoms with van der Waals surface area (Å²) in [7, 11) is 5.37. The van der Waals surface area contributed by atoms with Crippen LogP contribution >= 0.6 is 6.49 Å². The summed E-state index contributed by atoms with van der Waals surface area (Å²) in [5, 5.41) is 13.4. The lowest BCUT2D eigenvalue weighted by Crippen LogP contribution is -2.29. The second-order valence-corrected chi connectivity index (χ2v) is 9.97. The molecule has 0 atom stereocenters. The summed E-state index contributed by atoms with van der Waals surface area (Å²) < 4.78 is 5.04. The molecule has 0 radical (unpaired) electrons. The SMILES string of the molecule is CN(/N=C\c1cnc[nH]1)P(=S)(N(C)/N=C/c1cnc[nH]1)N(C)/N=C/c1cnc[nH]1. The van der Waals surface area contributed by atoms with Crippen LogP contribution in [0.15, 0.2) is 52.9 Å². The van der Waals surface area contributed by atoms with Crippen molar-refractivity contribution in [2.45, 2.75) is 0 Å². The van der Waals surface area contributed by atoms with Crippen molar-refractivity contribution in [2.75, 3.05) is 21.1 Å². The van der Waals surface area contributed by atoms with Gasteiger partial charge in [-0.25, -0.2) is 29.3 Å². The van der Waals surface area contributed by atoms with Gasteiger partial charge in [0.2, 0.25) is 0 Å². The molecule has 3 aromatic rings. The number of nitrogens with zero attached hydrogens (tertiary/aromatic N) is 9. The Kier molecular flexibility index (Phi) is 6.52. The van der Waals surface area contributed by atoms with E-state index >= 15 is 0 Å². The van der Waals surface area contributed by atoms with E-state index in [2.05, 4.69) is 45.2 Å². The van der Waals surface area contributed by atoms with Gasteiger partial charge < -0.3 is 15.0 Å². The molecule has 0 fully saturated rings. The summed E-state index contributed by atoms with van der Waals surface area (Å²) in [6, 6.07) is 0. The highest BCUT2D eigenvalue weighted by molar-refractivity contribution is 8.11. The van der Waals surface area contributed by atoms with E-state index in [1.54, 1.807) is 91.7 Å². The third-order valence-corrected chi connectivity index (χ3v) is 8.48. The Morgan fingerprint density at radius 3 is 1.28 bits per heavy atom. The van der Waals surface area contributed by atoms with Crippen molar-refractivity contribution in [3.63, 3.8) is 0 Å². The van der Waals surface area contributed by atoms with Crippen LogP contribution in [0.2, 0.25) is 0 Å². The van der Waals surface area contributed by atoms with Gasteiger partial charge in [-0.15, -0.1) is 0 Å². The van der Waals surface area contributed by atoms with E-state index in [1.165, 1.54) is 0 Å². The van der Waals surface area contributed by atoms with Crippen LogP contribution in [0.1, 0.15) is 17.1 Å². The molecule has 0 bridgehead atoms. The van der Waals surface area contributed by atoms with Crippen LogP contribution in [0.25, 0.3) is 0 Å².